The monoisotopic (exact) mass is 185 g/mol. The molecule has 0 saturated carbocycles. The van der Waals surface area contributed by atoms with Gasteiger partial charge in [-0.25, -0.2) is 0 Å². The van der Waals surface area contributed by atoms with Crippen molar-refractivity contribution < 1.29 is 4.74 Å². The number of ether oxygens (including phenoxy) is 1. The highest BCUT2D eigenvalue weighted by Gasteiger charge is 2.03. The van der Waals surface area contributed by atoms with Crippen LogP contribution in [0, 0.1) is 0 Å². The number of likely N-dealkylation sites (N-methyl/N-ethyl adjacent to an activating group) is 1. The highest BCUT2D eigenvalue weighted by Crippen LogP contribution is 2.19. The number of hydrogen-bond acceptors (Lipinski definition) is 2. The molecule has 3 heteroatoms. The Morgan fingerprint density at radius 1 is 1.50 bits per heavy atom. The van der Waals surface area contributed by atoms with Crippen LogP contribution in [0.4, 0.5) is 0 Å². The Bertz CT molecular complexity index is 253. The fraction of sp³-hybridized carbons (Fsp3) is 0.333. The summed E-state index contributed by atoms with van der Waals surface area (Å²) >= 11 is 5.93. The van der Waals surface area contributed by atoms with Gasteiger partial charge in [-0.15, -0.1) is 0 Å². The van der Waals surface area contributed by atoms with Crippen LogP contribution in [0.25, 0.3) is 0 Å². The molecular formula is C9H12ClNO. The molecule has 12 heavy (non-hydrogen) atoms. The molecule has 1 aliphatic carbocycles. The molecule has 0 heterocycles. The lowest BCUT2D eigenvalue weighted by atomic mass is 10.3. The Labute approximate surface area is 77.6 Å². The minimum absolute atomic E-state index is 0.666. The third kappa shape index (κ3) is 2.31. The van der Waals surface area contributed by atoms with Gasteiger partial charge in [-0.3, -0.25) is 0 Å². The van der Waals surface area contributed by atoms with Gasteiger partial charge in [0.05, 0.1) is 7.11 Å². The molecule has 0 aromatic carbocycles. The van der Waals surface area contributed by atoms with Crippen molar-refractivity contribution in [3.8, 4) is 0 Å². The molecule has 0 unspecified atom stereocenters. The van der Waals surface area contributed by atoms with Crippen LogP contribution in [0.3, 0.4) is 0 Å². The van der Waals surface area contributed by atoms with E-state index in [0.29, 0.717) is 6.42 Å². The van der Waals surface area contributed by atoms with E-state index in [2.05, 4.69) is 5.32 Å². The Morgan fingerprint density at radius 2 is 2.25 bits per heavy atom. The van der Waals surface area contributed by atoms with Crippen LogP contribution < -0.4 is 5.32 Å². The average Bonchev–Trinajstić information content (AvgIpc) is 2.26. The lowest BCUT2D eigenvalue weighted by molar-refractivity contribution is 0.284. The van der Waals surface area contributed by atoms with Crippen LogP contribution in [-0.2, 0) is 4.74 Å². The summed E-state index contributed by atoms with van der Waals surface area (Å²) in [6.45, 7) is 0. The molecule has 0 amide bonds. The Hall–Kier alpha value is -0.890. The van der Waals surface area contributed by atoms with Crippen molar-refractivity contribution >= 4 is 11.6 Å². The van der Waals surface area contributed by atoms with Crippen LogP contribution >= 0.6 is 11.6 Å². The zero-order chi connectivity index (χ0) is 8.97. The molecule has 0 fully saturated rings. The first-order valence-corrected chi connectivity index (χ1v) is 4.12. The van der Waals surface area contributed by atoms with Gasteiger partial charge in [-0.2, -0.15) is 0 Å². The summed E-state index contributed by atoms with van der Waals surface area (Å²) < 4.78 is 5.10. The number of nitrogens with one attached hydrogen (secondary N) is 1. The Balaban J connectivity index is 2.85. The SMILES string of the molecule is CNC1=CC=C(OC)CC(Cl)=C1. The summed E-state index contributed by atoms with van der Waals surface area (Å²) in [7, 11) is 3.51. The van der Waals surface area contributed by atoms with E-state index in [4.69, 9.17) is 16.3 Å². The van der Waals surface area contributed by atoms with Gasteiger partial charge in [0.1, 0.15) is 5.76 Å². The predicted molar refractivity (Wildman–Crippen MR) is 50.8 cm³/mol. The fourth-order valence-electron chi connectivity index (χ4n) is 0.972. The molecule has 0 atom stereocenters. The van der Waals surface area contributed by atoms with Gasteiger partial charge in [-0.1, -0.05) is 11.6 Å². The standard InChI is InChI=1S/C9H12ClNO/c1-11-8-3-4-9(12-2)6-7(10)5-8/h3-5,11H,6H2,1-2H3. The maximum Gasteiger partial charge on any atom is 0.101 e. The van der Waals surface area contributed by atoms with Crippen molar-refractivity contribution in [2.45, 2.75) is 6.42 Å². The summed E-state index contributed by atoms with van der Waals surface area (Å²) in [5, 5.41) is 3.80. The summed E-state index contributed by atoms with van der Waals surface area (Å²) in [6, 6.07) is 0. The smallest absolute Gasteiger partial charge is 0.101 e. The molecule has 0 aliphatic heterocycles. The Kier molecular flexibility index (Phi) is 3.23. The zero-order valence-electron chi connectivity index (χ0n) is 7.23. The molecule has 0 saturated heterocycles. The second-order valence-electron chi connectivity index (χ2n) is 2.48. The molecule has 0 radical (unpaired) electrons. The lowest BCUT2D eigenvalue weighted by Crippen LogP contribution is -2.02. The highest BCUT2D eigenvalue weighted by atomic mass is 35.5. The van der Waals surface area contributed by atoms with Crippen molar-refractivity contribution in [2.75, 3.05) is 14.2 Å². The summed E-state index contributed by atoms with van der Waals surface area (Å²) in [5.74, 6) is 0.876. The second-order valence-corrected chi connectivity index (χ2v) is 2.96. The first-order valence-electron chi connectivity index (χ1n) is 3.75. The maximum atomic E-state index is 5.93. The molecule has 1 aliphatic rings. The number of halogens is 1. The maximum absolute atomic E-state index is 5.93. The highest BCUT2D eigenvalue weighted by molar-refractivity contribution is 6.29. The number of allylic oxidation sites excluding steroid dienone is 4. The normalized spacial score (nSPS) is 17.1. The van der Waals surface area contributed by atoms with E-state index in [9.17, 15) is 0 Å². The summed E-state index contributed by atoms with van der Waals surface area (Å²) in [6.07, 6.45) is 6.41. The van der Waals surface area contributed by atoms with E-state index in [0.717, 1.165) is 16.5 Å². The molecule has 1 N–H and O–H groups in total. The van der Waals surface area contributed by atoms with Crippen LogP contribution in [0.15, 0.2) is 34.7 Å². The van der Waals surface area contributed by atoms with E-state index < -0.39 is 0 Å². The summed E-state index contributed by atoms with van der Waals surface area (Å²) in [5.41, 5.74) is 0.993. The first kappa shape index (κ1) is 9.20. The zero-order valence-corrected chi connectivity index (χ0v) is 7.98. The topological polar surface area (TPSA) is 21.3 Å². The van der Waals surface area contributed by atoms with Crippen molar-refractivity contribution in [3.05, 3.63) is 34.7 Å². The van der Waals surface area contributed by atoms with Crippen molar-refractivity contribution in [3.63, 3.8) is 0 Å². The van der Waals surface area contributed by atoms with E-state index >= 15 is 0 Å². The van der Waals surface area contributed by atoms with E-state index in [1.54, 1.807) is 7.11 Å². The Morgan fingerprint density at radius 3 is 2.83 bits per heavy atom. The molecular weight excluding hydrogens is 174 g/mol. The fourth-order valence-corrected chi connectivity index (χ4v) is 1.22. The van der Waals surface area contributed by atoms with E-state index in [1.807, 2.05) is 25.3 Å². The summed E-state index contributed by atoms with van der Waals surface area (Å²) in [4.78, 5) is 0. The van der Waals surface area contributed by atoms with Gasteiger partial charge in [0.2, 0.25) is 0 Å². The molecule has 0 aromatic rings. The van der Waals surface area contributed by atoms with Crippen molar-refractivity contribution in [1.82, 2.24) is 5.32 Å². The van der Waals surface area contributed by atoms with Crippen LogP contribution in [0.1, 0.15) is 6.42 Å². The molecule has 0 spiro atoms. The third-order valence-corrected chi connectivity index (χ3v) is 1.90. The third-order valence-electron chi connectivity index (χ3n) is 1.65. The van der Waals surface area contributed by atoms with Gasteiger partial charge in [-0.05, 0) is 18.2 Å². The average molecular weight is 186 g/mol. The first-order chi connectivity index (χ1) is 5.76. The number of methoxy groups -OCH3 is 1. The molecule has 0 aromatic heterocycles. The van der Waals surface area contributed by atoms with Gasteiger partial charge >= 0.3 is 0 Å². The molecule has 0 bridgehead atoms. The van der Waals surface area contributed by atoms with Gasteiger partial charge in [0.25, 0.3) is 0 Å². The van der Waals surface area contributed by atoms with Gasteiger partial charge in [0.15, 0.2) is 0 Å². The van der Waals surface area contributed by atoms with Crippen LogP contribution in [-0.4, -0.2) is 14.2 Å². The van der Waals surface area contributed by atoms with Crippen molar-refractivity contribution in [1.29, 1.82) is 0 Å². The largest absolute Gasteiger partial charge is 0.501 e. The van der Waals surface area contributed by atoms with Gasteiger partial charge < -0.3 is 10.1 Å². The predicted octanol–water partition coefficient (Wildman–Crippen LogP) is 2.15. The van der Waals surface area contributed by atoms with Crippen molar-refractivity contribution in [2.24, 2.45) is 0 Å². The minimum Gasteiger partial charge on any atom is -0.501 e. The van der Waals surface area contributed by atoms with Crippen LogP contribution in [0.2, 0.25) is 0 Å². The number of rotatable bonds is 2. The minimum atomic E-state index is 0.666. The van der Waals surface area contributed by atoms with E-state index in [-0.39, 0.29) is 0 Å². The van der Waals surface area contributed by atoms with E-state index in [1.165, 1.54) is 0 Å². The molecule has 2 nitrogen and oxygen atoms in total. The van der Waals surface area contributed by atoms with Crippen LogP contribution in [0.5, 0.6) is 0 Å². The quantitative estimate of drug-likeness (QED) is 0.712. The number of hydrogen-bond donors (Lipinski definition) is 1. The van der Waals surface area contributed by atoms with Gasteiger partial charge in [0, 0.05) is 24.2 Å². The lowest BCUT2D eigenvalue weighted by Gasteiger charge is -2.01. The molecule has 66 valence electrons. The second kappa shape index (κ2) is 4.21. The molecule has 1 rings (SSSR count).